The summed E-state index contributed by atoms with van der Waals surface area (Å²) in [6.07, 6.45) is -1.24. The minimum absolute atomic E-state index is 0.0623. The van der Waals surface area contributed by atoms with E-state index in [0.717, 1.165) is 21.8 Å². The van der Waals surface area contributed by atoms with Crippen LogP contribution >= 0.6 is 0 Å². The highest BCUT2D eigenvalue weighted by molar-refractivity contribution is 5.96. The Hall–Kier alpha value is -4.48. The van der Waals surface area contributed by atoms with Gasteiger partial charge in [-0.3, -0.25) is 29.1 Å². The molecule has 0 fully saturated rings. The zero-order valence-corrected chi connectivity index (χ0v) is 18.6. The third kappa shape index (κ3) is 5.46. The van der Waals surface area contributed by atoms with Crippen molar-refractivity contribution >= 4 is 40.3 Å². The molecule has 2 aromatic carbocycles. The van der Waals surface area contributed by atoms with E-state index in [1.54, 1.807) is 0 Å². The lowest BCUT2D eigenvalue weighted by Gasteiger charge is -2.15. The number of benzene rings is 2. The van der Waals surface area contributed by atoms with Crippen LogP contribution in [0.15, 0.2) is 45.6 Å². The topological polar surface area (TPSA) is 163 Å². The summed E-state index contributed by atoms with van der Waals surface area (Å²) in [4.78, 5) is 58.9. The van der Waals surface area contributed by atoms with Crippen LogP contribution in [0.4, 0.5) is 11.4 Å². The van der Waals surface area contributed by atoms with Crippen LogP contribution < -0.4 is 16.4 Å². The molecule has 12 heteroatoms. The predicted octanol–water partition coefficient (Wildman–Crippen LogP) is 1.81. The number of amides is 2. The molecule has 0 saturated heterocycles. The molecular weight excluding hydrogens is 448 g/mol. The molecule has 1 heterocycles. The largest absolute Gasteiger partial charge is 0.451 e. The number of esters is 1. The van der Waals surface area contributed by atoms with Crippen LogP contribution in [-0.2, 0) is 25.7 Å². The van der Waals surface area contributed by atoms with Crippen LogP contribution in [0.3, 0.4) is 0 Å². The monoisotopic (exact) mass is 470 g/mol. The Morgan fingerprint density at radius 1 is 1.18 bits per heavy atom. The number of carbonyl (C=O) groups is 3. The fraction of sp³-hybridized carbons (Fsp3) is 0.273. The molecule has 3 rings (SSSR count). The number of oxazole rings is 1. The van der Waals surface area contributed by atoms with Crippen LogP contribution in [0.5, 0.6) is 0 Å². The zero-order valence-electron chi connectivity index (χ0n) is 18.6. The highest BCUT2D eigenvalue weighted by Crippen LogP contribution is 2.20. The number of rotatable bonds is 8. The minimum Gasteiger partial charge on any atom is -0.451 e. The van der Waals surface area contributed by atoms with Gasteiger partial charge < -0.3 is 19.8 Å². The van der Waals surface area contributed by atoms with Crippen molar-refractivity contribution in [2.24, 2.45) is 0 Å². The molecule has 0 spiro atoms. The maximum Gasteiger partial charge on any atom is 0.420 e. The fourth-order valence-electron chi connectivity index (χ4n) is 3.24. The Balaban J connectivity index is 1.55. The molecule has 3 aromatic rings. The average Bonchev–Trinajstić information content (AvgIpc) is 3.08. The van der Waals surface area contributed by atoms with E-state index in [9.17, 15) is 29.3 Å². The molecule has 0 aliphatic heterocycles. The quantitative estimate of drug-likeness (QED) is 0.286. The van der Waals surface area contributed by atoms with Crippen LogP contribution in [-0.4, -0.2) is 39.9 Å². The fourth-order valence-corrected chi connectivity index (χ4v) is 3.24. The van der Waals surface area contributed by atoms with Crippen LogP contribution in [0, 0.1) is 24.0 Å². The maximum absolute atomic E-state index is 12.3. The van der Waals surface area contributed by atoms with Crippen LogP contribution in [0.25, 0.3) is 11.1 Å². The molecule has 0 aliphatic carbocycles. The molecule has 1 aromatic heterocycles. The number of carbonyl (C=O) groups excluding carboxylic acids is 3. The van der Waals surface area contributed by atoms with Crippen molar-refractivity contribution in [1.82, 2.24) is 9.88 Å². The number of hydrogen-bond donors (Lipinski definition) is 2. The number of fused-ring (bicyclic) bond motifs is 1. The number of aromatic nitrogens is 1. The lowest BCUT2D eigenvalue weighted by molar-refractivity contribution is -0.384. The van der Waals surface area contributed by atoms with Gasteiger partial charge in [0.05, 0.1) is 23.1 Å². The molecule has 0 saturated carbocycles. The van der Waals surface area contributed by atoms with Gasteiger partial charge >= 0.3 is 11.7 Å². The second-order valence-electron chi connectivity index (χ2n) is 7.53. The minimum atomic E-state index is -1.24. The number of nitro groups is 1. The van der Waals surface area contributed by atoms with E-state index in [-0.39, 0.29) is 23.3 Å². The molecule has 1 unspecified atom stereocenters. The van der Waals surface area contributed by atoms with Crippen molar-refractivity contribution in [3.8, 4) is 0 Å². The number of anilines is 1. The van der Waals surface area contributed by atoms with Crippen molar-refractivity contribution in [3.05, 3.63) is 68.2 Å². The first-order valence-electron chi connectivity index (χ1n) is 10.2. The van der Waals surface area contributed by atoms with Crippen molar-refractivity contribution in [3.63, 3.8) is 0 Å². The van der Waals surface area contributed by atoms with Crippen molar-refractivity contribution in [2.75, 3.05) is 11.9 Å². The lowest BCUT2D eigenvalue weighted by Crippen LogP contribution is -2.40. The van der Waals surface area contributed by atoms with Gasteiger partial charge in [-0.05, 0) is 38.0 Å². The Morgan fingerprint density at radius 3 is 2.50 bits per heavy atom. The van der Waals surface area contributed by atoms with Crippen LogP contribution in [0.1, 0.15) is 18.1 Å². The number of nitro benzene ring substituents is 1. The predicted molar refractivity (Wildman–Crippen MR) is 120 cm³/mol. The van der Waals surface area contributed by atoms with Gasteiger partial charge in [0.15, 0.2) is 11.7 Å². The number of para-hydroxylation sites is 1. The van der Waals surface area contributed by atoms with E-state index in [4.69, 9.17) is 9.15 Å². The third-order valence-corrected chi connectivity index (χ3v) is 5.00. The highest BCUT2D eigenvalue weighted by Gasteiger charge is 2.21. The Labute approximate surface area is 192 Å². The van der Waals surface area contributed by atoms with E-state index in [1.807, 2.05) is 32.0 Å². The first kappa shape index (κ1) is 24.2. The van der Waals surface area contributed by atoms with Gasteiger partial charge in [-0.1, -0.05) is 18.2 Å². The normalized spacial score (nSPS) is 11.6. The van der Waals surface area contributed by atoms with Gasteiger partial charge in [0.25, 0.3) is 11.6 Å². The summed E-state index contributed by atoms with van der Waals surface area (Å²) in [5.74, 6) is -2.97. The van der Waals surface area contributed by atoms with Gasteiger partial charge in [0.2, 0.25) is 5.91 Å². The van der Waals surface area contributed by atoms with Crippen LogP contribution in [0.2, 0.25) is 0 Å². The maximum atomic E-state index is 12.3. The summed E-state index contributed by atoms with van der Waals surface area (Å²) in [6.45, 7) is 4.10. The number of hydrogen-bond acceptors (Lipinski definition) is 8. The zero-order chi connectivity index (χ0) is 25.0. The highest BCUT2D eigenvalue weighted by atomic mass is 16.6. The van der Waals surface area contributed by atoms with E-state index >= 15 is 0 Å². The number of nitrogens with one attached hydrogen (secondary N) is 2. The lowest BCUT2D eigenvalue weighted by atomic mass is 10.1. The molecule has 0 radical (unpaired) electrons. The first-order valence-corrected chi connectivity index (χ1v) is 10.2. The number of aryl methyl sites for hydroxylation is 2. The Morgan fingerprint density at radius 2 is 1.85 bits per heavy atom. The number of nitrogens with zero attached hydrogens (tertiary/aromatic N) is 2. The summed E-state index contributed by atoms with van der Waals surface area (Å²) in [5.41, 5.74) is 2.23. The van der Waals surface area contributed by atoms with E-state index in [1.165, 1.54) is 19.1 Å². The van der Waals surface area contributed by atoms with Crippen molar-refractivity contribution in [2.45, 2.75) is 33.4 Å². The van der Waals surface area contributed by atoms with E-state index in [2.05, 4.69) is 10.6 Å². The van der Waals surface area contributed by atoms with Crippen molar-refractivity contribution < 1.29 is 28.5 Å². The molecule has 178 valence electrons. The summed E-state index contributed by atoms with van der Waals surface area (Å²) >= 11 is 0. The van der Waals surface area contributed by atoms with E-state index < -0.39 is 41.1 Å². The third-order valence-electron chi connectivity index (χ3n) is 5.00. The van der Waals surface area contributed by atoms with E-state index in [0.29, 0.717) is 5.69 Å². The van der Waals surface area contributed by atoms with Gasteiger partial charge in [0.1, 0.15) is 6.54 Å². The number of non-ortho nitro benzene ring substituents is 1. The SMILES string of the molecule is Cc1cccc(C)c1NC(=O)CNC(=O)C(C)OC(=O)Cn1c(=O)oc2cc([N+](=O)[O-])ccc21. The standard InChI is InChI=1S/C22H22N4O8/c1-12-5-4-6-13(2)20(12)24-18(27)10-23-21(29)14(3)33-19(28)11-25-16-8-7-15(26(31)32)9-17(16)34-22(25)30/h4-9,14H,10-11H2,1-3H3,(H,23,29)(H,24,27). The number of ether oxygens (including phenoxy) is 1. The summed E-state index contributed by atoms with van der Waals surface area (Å²) < 4.78 is 10.9. The molecular formula is C22H22N4O8. The molecule has 0 aliphatic rings. The summed E-state index contributed by atoms with van der Waals surface area (Å²) in [6, 6.07) is 9.06. The van der Waals surface area contributed by atoms with Gasteiger partial charge in [-0.15, -0.1) is 0 Å². The Kier molecular flexibility index (Phi) is 7.09. The van der Waals surface area contributed by atoms with Crippen molar-refractivity contribution in [1.29, 1.82) is 0 Å². The summed E-state index contributed by atoms with van der Waals surface area (Å²) in [7, 11) is 0. The first-order chi connectivity index (χ1) is 16.1. The smallest absolute Gasteiger partial charge is 0.420 e. The van der Waals surface area contributed by atoms with Gasteiger partial charge in [-0.25, -0.2) is 4.79 Å². The molecule has 1 atom stereocenters. The molecule has 12 nitrogen and oxygen atoms in total. The molecule has 0 bridgehead atoms. The molecule has 34 heavy (non-hydrogen) atoms. The molecule has 2 amide bonds. The van der Waals surface area contributed by atoms with Gasteiger partial charge in [0, 0.05) is 11.8 Å². The second-order valence-corrected chi connectivity index (χ2v) is 7.53. The average molecular weight is 470 g/mol. The Bertz CT molecular complexity index is 1320. The second kappa shape index (κ2) is 9.98. The summed E-state index contributed by atoms with van der Waals surface area (Å²) in [5, 5.41) is 16.0. The van der Waals surface area contributed by atoms with Gasteiger partial charge in [-0.2, -0.15) is 0 Å². The molecule has 2 N–H and O–H groups in total.